The van der Waals surface area contributed by atoms with Crippen LogP contribution in [0.4, 0.5) is 16.2 Å². The Labute approximate surface area is 174 Å². The normalized spacial score (nSPS) is 12.9. The van der Waals surface area contributed by atoms with Crippen molar-refractivity contribution in [1.82, 2.24) is 5.32 Å². The molecule has 2 aromatic carbocycles. The number of aryl methyl sites for hydroxylation is 1. The first-order valence-electron chi connectivity index (χ1n) is 9.78. The molecule has 0 saturated carbocycles. The molecular formula is C23H23N3O2S. The van der Waals surface area contributed by atoms with E-state index in [0.717, 1.165) is 47.6 Å². The summed E-state index contributed by atoms with van der Waals surface area (Å²) in [7, 11) is 0. The second-order valence-corrected chi connectivity index (χ2v) is 7.95. The highest BCUT2D eigenvalue weighted by Crippen LogP contribution is 2.31. The molecule has 0 spiro atoms. The number of amides is 3. The SMILES string of the molecule is O=C(NCCc1ccccc1)Nc1ccc2c(c1)CCCN2C(=O)c1cccs1. The van der Waals surface area contributed by atoms with Crippen molar-refractivity contribution in [3.8, 4) is 0 Å². The lowest BCUT2D eigenvalue weighted by atomic mass is 10.0. The zero-order chi connectivity index (χ0) is 20.1. The van der Waals surface area contributed by atoms with Gasteiger partial charge in [-0.25, -0.2) is 4.79 Å². The van der Waals surface area contributed by atoms with Crippen molar-refractivity contribution in [3.63, 3.8) is 0 Å². The molecule has 0 saturated heterocycles. The van der Waals surface area contributed by atoms with Crippen molar-refractivity contribution in [3.05, 3.63) is 82.0 Å². The molecule has 29 heavy (non-hydrogen) atoms. The first kappa shape index (κ1) is 19.2. The van der Waals surface area contributed by atoms with Gasteiger partial charge in [0.15, 0.2) is 0 Å². The minimum Gasteiger partial charge on any atom is -0.338 e. The van der Waals surface area contributed by atoms with Crippen LogP contribution in [0.5, 0.6) is 0 Å². The molecule has 1 aliphatic heterocycles. The molecule has 2 heterocycles. The molecule has 0 radical (unpaired) electrons. The van der Waals surface area contributed by atoms with Gasteiger partial charge < -0.3 is 15.5 Å². The molecule has 3 amide bonds. The maximum absolute atomic E-state index is 12.8. The summed E-state index contributed by atoms with van der Waals surface area (Å²) in [5, 5.41) is 7.71. The predicted molar refractivity (Wildman–Crippen MR) is 118 cm³/mol. The lowest BCUT2D eigenvalue weighted by molar-refractivity contribution is 0.0989. The highest BCUT2D eigenvalue weighted by molar-refractivity contribution is 7.12. The van der Waals surface area contributed by atoms with Crippen LogP contribution >= 0.6 is 11.3 Å². The summed E-state index contributed by atoms with van der Waals surface area (Å²) in [4.78, 5) is 27.6. The quantitative estimate of drug-likeness (QED) is 0.646. The van der Waals surface area contributed by atoms with Gasteiger partial charge in [-0.2, -0.15) is 0 Å². The Bertz CT molecular complexity index is 987. The van der Waals surface area contributed by atoms with Gasteiger partial charge in [-0.3, -0.25) is 4.79 Å². The zero-order valence-electron chi connectivity index (χ0n) is 16.1. The number of carbonyl (C=O) groups is 2. The van der Waals surface area contributed by atoms with Gasteiger partial charge in [-0.05, 0) is 60.0 Å². The van der Waals surface area contributed by atoms with Gasteiger partial charge in [0, 0.05) is 24.5 Å². The highest BCUT2D eigenvalue weighted by Gasteiger charge is 2.24. The van der Waals surface area contributed by atoms with Gasteiger partial charge in [0.05, 0.1) is 4.88 Å². The Balaban J connectivity index is 1.37. The van der Waals surface area contributed by atoms with Crippen LogP contribution in [-0.2, 0) is 12.8 Å². The van der Waals surface area contributed by atoms with Crippen molar-refractivity contribution in [1.29, 1.82) is 0 Å². The molecule has 1 aliphatic rings. The minimum atomic E-state index is -0.219. The molecular weight excluding hydrogens is 382 g/mol. The first-order chi connectivity index (χ1) is 14.2. The Kier molecular flexibility index (Phi) is 5.91. The number of hydrogen-bond acceptors (Lipinski definition) is 3. The summed E-state index contributed by atoms with van der Waals surface area (Å²) < 4.78 is 0. The van der Waals surface area contributed by atoms with Gasteiger partial charge in [0.25, 0.3) is 5.91 Å². The third kappa shape index (κ3) is 4.66. The smallest absolute Gasteiger partial charge is 0.319 e. The number of rotatable bonds is 5. The minimum absolute atomic E-state index is 0.0420. The maximum atomic E-state index is 12.8. The van der Waals surface area contributed by atoms with Crippen LogP contribution in [0.1, 0.15) is 27.2 Å². The molecule has 1 aromatic heterocycles. The Morgan fingerprint density at radius 3 is 2.69 bits per heavy atom. The molecule has 0 bridgehead atoms. The van der Waals surface area contributed by atoms with E-state index in [0.29, 0.717) is 6.54 Å². The fraction of sp³-hybridized carbons (Fsp3) is 0.217. The highest BCUT2D eigenvalue weighted by atomic mass is 32.1. The van der Waals surface area contributed by atoms with Crippen LogP contribution in [0.15, 0.2) is 66.0 Å². The van der Waals surface area contributed by atoms with Crippen LogP contribution in [0.3, 0.4) is 0 Å². The van der Waals surface area contributed by atoms with E-state index >= 15 is 0 Å². The van der Waals surface area contributed by atoms with E-state index in [1.165, 1.54) is 16.9 Å². The molecule has 0 atom stereocenters. The van der Waals surface area contributed by atoms with Crippen molar-refractivity contribution >= 4 is 34.6 Å². The Morgan fingerprint density at radius 2 is 1.90 bits per heavy atom. The van der Waals surface area contributed by atoms with Gasteiger partial charge in [0.2, 0.25) is 0 Å². The standard InChI is InChI=1S/C23H23N3O2S/c27-22(21-9-5-15-29-21)26-14-4-8-18-16-19(10-11-20(18)26)25-23(28)24-13-12-17-6-2-1-3-7-17/h1-3,5-7,9-11,15-16H,4,8,12-14H2,(H2,24,25,28). The fourth-order valence-corrected chi connectivity index (χ4v) is 4.23. The molecule has 0 fully saturated rings. The Morgan fingerprint density at radius 1 is 1.03 bits per heavy atom. The molecule has 0 unspecified atom stereocenters. The summed E-state index contributed by atoms with van der Waals surface area (Å²) in [6.07, 6.45) is 2.60. The summed E-state index contributed by atoms with van der Waals surface area (Å²) in [6, 6.07) is 19.4. The third-order valence-electron chi connectivity index (χ3n) is 4.98. The molecule has 4 rings (SSSR count). The second kappa shape index (κ2) is 8.92. The molecule has 148 valence electrons. The average Bonchev–Trinajstić information content (AvgIpc) is 3.28. The van der Waals surface area contributed by atoms with Crippen molar-refractivity contribution < 1.29 is 9.59 Å². The topological polar surface area (TPSA) is 61.4 Å². The van der Waals surface area contributed by atoms with Crippen LogP contribution in [0.2, 0.25) is 0 Å². The third-order valence-corrected chi connectivity index (χ3v) is 5.83. The summed E-state index contributed by atoms with van der Waals surface area (Å²) in [5.74, 6) is 0.0420. The summed E-state index contributed by atoms with van der Waals surface area (Å²) in [5.41, 5.74) is 3.95. The van der Waals surface area contributed by atoms with Gasteiger partial charge in [0.1, 0.15) is 0 Å². The number of fused-ring (bicyclic) bond motifs is 1. The molecule has 2 N–H and O–H groups in total. The molecule has 6 heteroatoms. The van der Waals surface area contributed by atoms with E-state index in [-0.39, 0.29) is 11.9 Å². The van der Waals surface area contributed by atoms with Crippen molar-refractivity contribution in [2.24, 2.45) is 0 Å². The summed E-state index contributed by atoms with van der Waals surface area (Å²) >= 11 is 1.46. The first-order valence-corrected chi connectivity index (χ1v) is 10.7. The lowest BCUT2D eigenvalue weighted by Crippen LogP contribution is -2.35. The Hall–Kier alpha value is -3.12. The average molecular weight is 406 g/mol. The maximum Gasteiger partial charge on any atom is 0.319 e. The number of nitrogens with one attached hydrogen (secondary N) is 2. The summed E-state index contributed by atoms with van der Waals surface area (Å²) in [6.45, 7) is 1.29. The largest absolute Gasteiger partial charge is 0.338 e. The number of benzene rings is 2. The van der Waals surface area contributed by atoms with Crippen molar-refractivity contribution in [2.75, 3.05) is 23.3 Å². The van der Waals surface area contributed by atoms with Crippen LogP contribution in [0, 0.1) is 0 Å². The van der Waals surface area contributed by atoms with Crippen molar-refractivity contribution in [2.45, 2.75) is 19.3 Å². The predicted octanol–water partition coefficient (Wildman–Crippen LogP) is 4.71. The van der Waals surface area contributed by atoms with E-state index in [9.17, 15) is 9.59 Å². The van der Waals surface area contributed by atoms with E-state index in [1.807, 2.05) is 70.9 Å². The molecule has 0 aliphatic carbocycles. The van der Waals surface area contributed by atoms with Crippen LogP contribution in [-0.4, -0.2) is 25.0 Å². The van der Waals surface area contributed by atoms with Gasteiger partial charge >= 0.3 is 6.03 Å². The molecule has 5 nitrogen and oxygen atoms in total. The van der Waals surface area contributed by atoms with Crippen LogP contribution < -0.4 is 15.5 Å². The molecule has 3 aromatic rings. The zero-order valence-corrected chi connectivity index (χ0v) is 16.9. The van der Waals surface area contributed by atoms with E-state index < -0.39 is 0 Å². The van der Waals surface area contributed by atoms with E-state index in [2.05, 4.69) is 10.6 Å². The van der Waals surface area contributed by atoms with E-state index in [1.54, 1.807) is 0 Å². The lowest BCUT2D eigenvalue weighted by Gasteiger charge is -2.29. The number of nitrogens with zero attached hydrogens (tertiary/aromatic N) is 1. The van der Waals surface area contributed by atoms with Gasteiger partial charge in [-0.15, -0.1) is 11.3 Å². The van der Waals surface area contributed by atoms with Crippen LogP contribution in [0.25, 0.3) is 0 Å². The number of thiophene rings is 1. The second-order valence-electron chi connectivity index (χ2n) is 7.00. The fourth-order valence-electron chi connectivity index (χ4n) is 3.56. The number of carbonyl (C=O) groups excluding carboxylic acids is 2. The number of anilines is 2. The monoisotopic (exact) mass is 405 g/mol. The van der Waals surface area contributed by atoms with Gasteiger partial charge in [-0.1, -0.05) is 36.4 Å². The number of urea groups is 1. The number of hydrogen-bond donors (Lipinski definition) is 2. The van der Waals surface area contributed by atoms with E-state index in [4.69, 9.17) is 0 Å².